The van der Waals surface area contributed by atoms with Crippen LogP contribution < -0.4 is 10.9 Å². The van der Waals surface area contributed by atoms with E-state index in [9.17, 15) is 15.0 Å². The van der Waals surface area contributed by atoms with Crippen molar-refractivity contribution in [2.75, 3.05) is 11.9 Å². The van der Waals surface area contributed by atoms with Gasteiger partial charge in [-0.15, -0.1) is 0 Å². The summed E-state index contributed by atoms with van der Waals surface area (Å²) in [5.41, 5.74) is 3.46. The number of nitrogens with zero attached hydrogens (tertiary/aromatic N) is 1. The number of anilines is 1. The normalized spacial score (nSPS) is 12.2. The number of nitrogens with one attached hydrogen (secondary N) is 3. The van der Waals surface area contributed by atoms with Gasteiger partial charge in [0.15, 0.2) is 0 Å². The molecule has 0 unspecified atom stereocenters. The van der Waals surface area contributed by atoms with E-state index in [1.165, 1.54) is 0 Å². The molecule has 0 bridgehead atoms. The maximum absolute atomic E-state index is 12.5. The lowest BCUT2D eigenvalue weighted by Crippen LogP contribution is -2.17. The Hall–Kier alpha value is -3.42. The second-order valence-electron chi connectivity index (χ2n) is 6.46. The van der Waals surface area contributed by atoms with Gasteiger partial charge in [-0.2, -0.15) is 0 Å². The number of para-hydroxylation sites is 1. The number of aromatic amines is 2. The van der Waals surface area contributed by atoms with Crippen molar-refractivity contribution in [3.63, 3.8) is 0 Å². The molecule has 5 N–H and O–H groups in total. The van der Waals surface area contributed by atoms with Gasteiger partial charge in [0, 0.05) is 18.3 Å². The van der Waals surface area contributed by atoms with Crippen LogP contribution in [0.15, 0.2) is 65.6 Å². The minimum absolute atomic E-state index is 0.126. The van der Waals surface area contributed by atoms with E-state index in [0.29, 0.717) is 33.7 Å². The number of aliphatic hydroxyl groups excluding tert-OH is 2. The van der Waals surface area contributed by atoms with E-state index >= 15 is 0 Å². The minimum Gasteiger partial charge on any atom is -0.392 e. The zero-order valence-corrected chi connectivity index (χ0v) is 15.0. The van der Waals surface area contributed by atoms with Crippen LogP contribution in [0.1, 0.15) is 17.2 Å². The average molecular weight is 376 g/mol. The van der Waals surface area contributed by atoms with Crippen LogP contribution in [-0.4, -0.2) is 31.7 Å². The first-order chi connectivity index (χ1) is 13.7. The molecule has 7 heteroatoms. The third-order valence-electron chi connectivity index (χ3n) is 4.64. The summed E-state index contributed by atoms with van der Waals surface area (Å²) in [6.07, 6.45) is 0.829. The molecule has 0 fully saturated rings. The van der Waals surface area contributed by atoms with Gasteiger partial charge in [0.2, 0.25) is 0 Å². The van der Waals surface area contributed by atoms with Crippen LogP contribution >= 0.6 is 0 Å². The van der Waals surface area contributed by atoms with Gasteiger partial charge in [0.25, 0.3) is 5.56 Å². The Bertz CT molecular complexity index is 1150. The minimum atomic E-state index is -0.718. The van der Waals surface area contributed by atoms with Crippen LogP contribution in [0.3, 0.4) is 0 Å². The highest BCUT2D eigenvalue weighted by molar-refractivity contribution is 5.84. The zero-order valence-electron chi connectivity index (χ0n) is 15.0. The van der Waals surface area contributed by atoms with Crippen molar-refractivity contribution in [1.82, 2.24) is 15.0 Å². The number of pyridine rings is 1. The van der Waals surface area contributed by atoms with E-state index in [4.69, 9.17) is 0 Å². The third kappa shape index (κ3) is 3.40. The lowest BCUT2D eigenvalue weighted by atomic mass is 10.1. The van der Waals surface area contributed by atoms with Crippen LogP contribution in [0.5, 0.6) is 0 Å². The van der Waals surface area contributed by atoms with Crippen molar-refractivity contribution in [2.24, 2.45) is 0 Å². The van der Waals surface area contributed by atoms with Gasteiger partial charge < -0.3 is 25.5 Å². The molecule has 0 radical (unpaired) electrons. The summed E-state index contributed by atoms with van der Waals surface area (Å²) in [5.74, 6) is 0.398. The van der Waals surface area contributed by atoms with Crippen molar-refractivity contribution in [3.05, 3.63) is 82.3 Å². The number of fused-ring (bicyclic) bond motifs is 1. The predicted molar refractivity (Wildman–Crippen MR) is 108 cm³/mol. The summed E-state index contributed by atoms with van der Waals surface area (Å²) in [7, 11) is 0. The number of aliphatic hydroxyl groups is 2. The number of imidazole rings is 1. The van der Waals surface area contributed by atoms with Crippen molar-refractivity contribution in [1.29, 1.82) is 0 Å². The average Bonchev–Trinajstić information content (AvgIpc) is 3.16. The number of hydrogen-bond donors (Lipinski definition) is 5. The molecule has 0 aliphatic heterocycles. The van der Waals surface area contributed by atoms with Crippen molar-refractivity contribution in [2.45, 2.75) is 12.7 Å². The van der Waals surface area contributed by atoms with Gasteiger partial charge in [-0.1, -0.05) is 42.5 Å². The number of benzene rings is 2. The highest BCUT2D eigenvalue weighted by atomic mass is 16.3. The van der Waals surface area contributed by atoms with Crippen LogP contribution in [0.25, 0.3) is 22.4 Å². The van der Waals surface area contributed by atoms with E-state index in [2.05, 4.69) is 20.3 Å². The quantitative estimate of drug-likeness (QED) is 0.355. The van der Waals surface area contributed by atoms with E-state index in [-0.39, 0.29) is 18.7 Å². The van der Waals surface area contributed by atoms with Crippen LogP contribution in [0.4, 0.5) is 5.69 Å². The Morgan fingerprint density at radius 1 is 1.07 bits per heavy atom. The maximum Gasteiger partial charge on any atom is 0.261 e. The fourth-order valence-electron chi connectivity index (χ4n) is 3.20. The molecule has 28 heavy (non-hydrogen) atoms. The molecule has 4 aromatic rings. The van der Waals surface area contributed by atoms with Crippen molar-refractivity contribution in [3.8, 4) is 11.4 Å². The molecule has 0 aliphatic rings. The SMILES string of the molecule is O=c1[nH]ccc(NC[C@@H](O)c2ccccc2)c1-c1nc2cccc(CO)c2[nH]1. The molecule has 2 aromatic heterocycles. The molecular formula is C21H20N4O3. The van der Waals surface area contributed by atoms with Crippen LogP contribution in [0.2, 0.25) is 0 Å². The van der Waals surface area contributed by atoms with Gasteiger partial charge in [0.05, 0.1) is 29.4 Å². The van der Waals surface area contributed by atoms with Gasteiger partial charge in [0.1, 0.15) is 11.4 Å². The number of rotatable bonds is 6. The van der Waals surface area contributed by atoms with E-state index < -0.39 is 6.10 Å². The molecule has 2 heterocycles. The molecule has 0 saturated heterocycles. The monoisotopic (exact) mass is 376 g/mol. The highest BCUT2D eigenvalue weighted by Gasteiger charge is 2.16. The van der Waals surface area contributed by atoms with E-state index in [1.807, 2.05) is 42.5 Å². The molecule has 0 aliphatic carbocycles. The molecular weight excluding hydrogens is 356 g/mol. The Balaban J connectivity index is 1.68. The summed E-state index contributed by atoms with van der Waals surface area (Å²) >= 11 is 0. The lowest BCUT2D eigenvalue weighted by molar-refractivity contribution is 0.191. The van der Waals surface area contributed by atoms with Crippen molar-refractivity contribution < 1.29 is 10.2 Å². The third-order valence-corrected chi connectivity index (χ3v) is 4.64. The number of H-pyrrole nitrogens is 2. The van der Waals surface area contributed by atoms with E-state index in [0.717, 1.165) is 5.56 Å². The Morgan fingerprint density at radius 3 is 2.68 bits per heavy atom. The molecule has 2 aromatic carbocycles. The standard InChI is InChI=1S/C21H20N4O3/c26-12-14-7-4-8-16-19(14)25-20(24-16)18-15(9-10-22-21(18)28)23-11-17(27)13-5-2-1-3-6-13/h1-10,17,26-27H,11-12H2,(H,24,25)(H2,22,23,28)/t17-/m1/s1. The summed E-state index contributed by atoms with van der Waals surface area (Å²) in [6.45, 7) is 0.112. The predicted octanol–water partition coefficient (Wildman–Crippen LogP) is 2.56. The molecule has 0 amide bonds. The largest absolute Gasteiger partial charge is 0.392 e. The Labute approximate surface area is 160 Å². The zero-order chi connectivity index (χ0) is 19.5. The lowest BCUT2D eigenvalue weighted by Gasteiger charge is -2.14. The fraction of sp³-hybridized carbons (Fsp3) is 0.143. The maximum atomic E-state index is 12.5. The van der Waals surface area contributed by atoms with Crippen molar-refractivity contribution >= 4 is 16.7 Å². The van der Waals surface area contributed by atoms with E-state index in [1.54, 1.807) is 18.3 Å². The molecule has 0 saturated carbocycles. The number of hydrogen-bond acceptors (Lipinski definition) is 5. The second kappa shape index (κ2) is 7.67. The molecule has 142 valence electrons. The van der Waals surface area contributed by atoms with Crippen LogP contribution in [-0.2, 0) is 6.61 Å². The molecule has 7 nitrogen and oxygen atoms in total. The summed E-state index contributed by atoms with van der Waals surface area (Å²) in [5, 5.41) is 23.1. The van der Waals surface area contributed by atoms with Gasteiger partial charge >= 0.3 is 0 Å². The summed E-state index contributed by atoms with van der Waals surface area (Å²) in [4.78, 5) is 22.8. The summed E-state index contributed by atoms with van der Waals surface area (Å²) in [6, 6.07) is 16.5. The first-order valence-corrected chi connectivity index (χ1v) is 8.95. The second-order valence-corrected chi connectivity index (χ2v) is 6.46. The first kappa shape index (κ1) is 18.0. The molecule has 1 atom stereocenters. The van der Waals surface area contributed by atoms with Gasteiger partial charge in [-0.05, 0) is 17.7 Å². The van der Waals surface area contributed by atoms with Crippen LogP contribution in [0, 0.1) is 0 Å². The summed E-state index contributed by atoms with van der Waals surface area (Å²) < 4.78 is 0. The first-order valence-electron chi connectivity index (χ1n) is 8.95. The van der Waals surface area contributed by atoms with Gasteiger partial charge in [-0.3, -0.25) is 4.79 Å². The number of aromatic nitrogens is 3. The fourth-order valence-corrected chi connectivity index (χ4v) is 3.20. The highest BCUT2D eigenvalue weighted by Crippen LogP contribution is 2.26. The Morgan fingerprint density at radius 2 is 1.89 bits per heavy atom. The molecule has 4 rings (SSSR count). The smallest absolute Gasteiger partial charge is 0.261 e. The topological polar surface area (TPSA) is 114 Å². The Kier molecular flexibility index (Phi) is 4.92. The van der Waals surface area contributed by atoms with Gasteiger partial charge in [-0.25, -0.2) is 4.98 Å². The molecule has 0 spiro atoms.